The van der Waals surface area contributed by atoms with Crippen molar-refractivity contribution < 1.29 is 23.9 Å². The molecular weight excluding hydrogens is 436 g/mol. The van der Waals surface area contributed by atoms with Gasteiger partial charge in [-0.1, -0.05) is 19.1 Å². The van der Waals surface area contributed by atoms with Crippen molar-refractivity contribution in [2.24, 2.45) is 0 Å². The van der Waals surface area contributed by atoms with Gasteiger partial charge >= 0.3 is 6.03 Å². The highest BCUT2D eigenvalue weighted by Gasteiger charge is 2.51. The molecule has 34 heavy (non-hydrogen) atoms. The summed E-state index contributed by atoms with van der Waals surface area (Å²) >= 11 is 0. The van der Waals surface area contributed by atoms with Crippen LogP contribution < -0.4 is 15.4 Å². The van der Waals surface area contributed by atoms with Crippen LogP contribution in [0.4, 0.5) is 10.5 Å². The van der Waals surface area contributed by atoms with Gasteiger partial charge in [0.2, 0.25) is 5.91 Å². The number of methoxy groups -OCH3 is 1. The van der Waals surface area contributed by atoms with Gasteiger partial charge < -0.3 is 20.3 Å². The van der Waals surface area contributed by atoms with Crippen molar-refractivity contribution >= 4 is 29.4 Å². The number of amides is 5. The molecule has 0 aliphatic carbocycles. The summed E-state index contributed by atoms with van der Waals surface area (Å²) in [6.07, 6.45) is 0.323. The van der Waals surface area contributed by atoms with Crippen molar-refractivity contribution in [3.63, 3.8) is 0 Å². The molecule has 9 nitrogen and oxygen atoms in total. The molecule has 1 heterocycles. The first-order valence-electron chi connectivity index (χ1n) is 11.3. The third-order valence-electron chi connectivity index (χ3n) is 6.06. The number of benzene rings is 2. The largest absolute Gasteiger partial charge is 0.497 e. The molecule has 2 aromatic rings. The molecule has 0 saturated carbocycles. The lowest BCUT2D eigenvalue weighted by atomic mass is 9.87. The van der Waals surface area contributed by atoms with Gasteiger partial charge in [-0.25, -0.2) is 4.79 Å². The van der Waals surface area contributed by atoms with Crippen LogP contribution in [0.5, 0.6) is 5.75 Å². The molecule has 5 amide bonds. The maximum atomic E-state index is 13.2. The Balaban J connectivity index is 1.69. The number of carbonyl (C=O) groups is 4. The zero-order valence-electron chi connectivity index (χ0n) is 19.9. The molecule has 180 valence electrons. The molecule has 0 radical (unpaired) electrons. The average Bonchev–Trinajstić information content (AvgIpc) is 3.10. The maximum absolute atomic E-state index is 13.2. The fourth-order valence-corrected chi connectivity index (χ4v) is 4.02. The minimum atomic E-state index is -1.24. The van der Waals surface area contributed by atoms with E-state index >= 15 is 0 Å². The van der Waals surface area contributed by atoms with Gasteiger partial charge in [-0.15, -0.1) is 0 Å². The van der Waals surface area contributed by atoms with Gasteiger partial charge in [-0.05, 0) is 62.2 Å². The number of ether oxygens (including phenoxy) is 1. The number of urea groups is 1. The summed E-state index contributed by atoms with van der Waals surface area (Å²) in [7, 11) is 1.55. The molecule has 1 atom stereocenters. The second kappa shape index (κ2) is 10.4. The number of nitrogens with one attached hydrogen (secondary N) is 2. The quantitative estimate of drug-likeness (QED) is 0.553. The van der Waals surface area contributed by atoms with Crippen LogP contribution in [0.15, 0.2) is 48.5 Å². The Bertz CT molecular complexity index is 1060. The highest BCUT2D eigenvalue weighted by Crippen LogP contribution is 2.33. The van der Waals surface area contributed by atoms with E-state index in [9.17, 15) is 19.2 Å². The van der Waals surface area contributed by atoms with E-state index in [1.165, 1.54) is 0 Å². The molecule has 1 aliphatic rings. The van der Waals surface area contributed by atoms with Gasteiger partial charge in [0, 0.05) is 24.3 Å². The lowest BCUT2D eigenvalue weighted by Crippen LogP contribution is -2.44. The molecule has 1 fully saturated rings. The van der Waals surface area contributed by atoms with E-state index in [-0.39, 0.29) is 5.91 Å². The molecule has 1 saturated heterocycles. The first-order chi connectivity index (χ1) is 16.3. The Morgan fingerprint density at radius 2 is 1.62 bits per heavy atom. The van der Waals surface area contributed by atoms with Crippen LogP contribution in [0.2, 0.25) is 0 Å². The number of anilines is 1. The Labute approximate surface area is 199 Å². The van der Waals surface area contributed by atoms with Gasteiger partial charge in [0.05, 0.1) is 7.11 Å². The third kappa shape index (κ3) is 4.73. The zero-order chi connectivity index (χ0) is 24.9. The van der Waals surface area contributed by atoms with E-state index in [1.807, 2.05) is 13.8 Å². The van der Waals surface area contributed by atoms with Crippen molar-refractivity contribution in [2.75, 3.05) is 32.1 Å². The fraction of sp³-hybridized carbons (Fsp3) is 0.360. The van der Waals surface area contributed by atoms with E-state index in [4.69, 9.17) is 4.74 Å². The van der Waals surface area contributed by atoms with Gasteiger partial charge in [0.15, 0.2) is 0 Å². The standard InChI is InChI=1S/C25H30N4O5/c1-5-25(18-10-14-20(34-4)15-11-18)23(32)29(24(33)27-25)16-21(30)26-19-12-8-17(9-13-19)22(31)28(6-2)7-3/h8-15H,5-7,16H2,1-4H3,(H,26,30)(H,27,33)/t25-/m1/s1. The summed E-state index contributed by atoms with van der Waals surface area (Å²) in [5.41, 5.74) is 0.356. The van der Waals surface area contributed by atoms with Crippen LogP contribution in [0, 0.1) is 0 Å². The van der Waals surface area contributed by atoms with Crippen LogP contribution in [0.25, 0.3) is 0 Å². The smallest absolute Gasteiger partial charge is 0.325 e. The molecule has 0 unspecified atom stereocenters. The molecule has 0 aromatic heterocycles. The van der Waals surface area contributed by atoms with Crippen LogP contribution in [0.1, 0.15) is 43.1 Å². The van der Waals surface area contributed by atoms with Gasteiger partial charge in [-0.2, -0.15) is 0 Å². The summed E-state index contributed by atoms with van der Waals surface area (Å²) in [6.45, 7) is 6.40. The summed E-state index contributed by atoms with van der Waals surface area (Å²) in [6, 6.07) is 12.8. The van der Waals surface area contributed by atoms with Crippen molar-refractivity contribution in [3.8, 4) is 5.75 Å². The Morgan fingerprint density at radius 1 is 1.00 bits per heavy atom. The molecule has 9 heteroatoms. The highest BCUT2D eigenvalue weighted by molar-refractivity contribution is 6.10. The molecular formula is C25H30N4O5. The molecule has 1 aliphatic heterocycles. The number of hydrogen-bond donors (Lipinski definition) is 2. The summed E-state index contributed by atoms with van der Waals surface area (Å²) in [4.78, 5) is 53.5. The Hall–Kier alpha value is -3.88. The van der Waals surface area contributed by atoms with Gasteiger partial charge in [0.1, 0.15) is 17.8 Å². The minimum Gasteiger partial charge on any atom is -0.497 e. The highest BCUT2D eigenvalue weighted by atomic mass is 16.5. The lowest BCUT2D eigenvalue weighted by molar-refractivity contribution is -0.134. The maximum Gasteiger partial charge on any atom is 0.325 e. The lowest BCUT2D eigenvalue weighted by Gasteiger charge is -2.26. The van der Waals surface area contributed by atoms with E-state index in [2.05, 4.69) is 10.6 Å². The van der Waals surface area contributed by atoms with Crippen LogP contribution in [0.3, 0.4) is 0 Å². The third-order valence-corrected chi connectivity index (χ3v) is 6.06. The van der Waals surface area contributed by atoms with Crippen molar-refractivity contribution in [3.05, 3.63) is 59.7 Å². The molecule has 0 spiro atoms. The molecule has 2 N–H and O–H groups in total. The summed E-state index contributed by atoms with van der Waals surface area (Å²) in [5, 5.41) is 5.44. The van der Waals surface area contributed by atoms with Crippen LogP contribution in [-0.4, -0.2) is 60.3 Å². The second-order valence-corrected chi connectivity index (χ2v) is 7.91. The molecule has 0 bridgehead atoms. The van der Waals surface area contributed by atoms with Gasteiger partial charge in [-0.3, -0.25) is 19.3 Å². The number of nitrogens with zero attached hydrogens (tertiary/aromatic N) is 2. The topological polar surface area (TPSA) is 108 Å². The Morgan fingerprint density at radius 3 is 2.15 bits per heavy atom. The normalized spacial score (nSPS) is 17.4. The van der Waals surface area contributed by atoms with Crippen molar-refractivity contribution in [1.82, 2.24) is 15.1 Å². The van der Waals surface area contributed by atoms with E-state index in [1.54, 1.807) is 67.5 Å². The predicted molar refractivity (Wildman–Crippen MR) is 128 cm³/mol. The van der Waals surface area contributed by atoms with E-state index < -0.39 is 29.9 Å². The van der Waals surface area contributed by atoms with Crippen LogP contribution >= 0.6 is 0 Å². The minimum absolute atomic E-state index is 0.0864. The number of hydrogen-bond acceptors (Lipinski definition) is 5. The first kappa shape index (κ1) is 24.8. The van der Waals surface area contributed by atoms with E-state index in [0.29, 0.717) is 42.1 Å². The average molecular weight is 467 g/mol. The SMILES string of the molecule is CCN(CC)C(=O)c1ccc(NC(=O)CN2C(=O)N[C@](CC)(c3ccc(OC)cc3)C2=O)cc1. The second-order valence-electron chi connectivity index (χ2n) is 7.91. The van der Waals surface area contributed by atoms with Crippen molar-refractivity contribution in [1.29, 1.82) is 0 Å². The Kier molecular flexibility index (Phi) is 7.55. The number of imide groups is 1. The van der Waals surface area contributed by atoms with E-state index in [0.717, 1.165) is 4.90 Å². The van der Waals surface area contributed by atoms with Crippen molar-refractivity contribution in [2.45, 2.75) is 32.7 Å². The molecule has 2 aromatic carbocycles. The number of carbonyl (C=O) groups excluding carboxylic acids is 4. The summed E-state index contributed by atoms with van der Waals surface area (Å²) in [5.74, 6) is -0.460. The van der Waals surface area contributed by atoms with Crippen LogP contribution in [-0.2, 0) is 15.1 Å². The summed E-state index contributed by atoms with van der Waals surface area (Å²) < 4.78 is 5.16. The van der Waals surface area contributed by atoms with Gasteiger partial charge in [0.25, 0.3) is 11.8 Å². The predicted octanol–water partition coefficient (Wildman–Crippen LogP) is 2.97. The molecule has 3 rings (SSSR count). The fourth-order valence-electron chi connectivity index (χ4n) is 4.02. The monoisotopic (exact) mass is 466 g/mol. The number of rotatable bonds is 9. The zero-order valence-corrected chi connectivity index (χ0v) is 19.9. The first-order valence-corrected chi connectivity index (χ1v) is 11.3.